The molecular weight excluding hydrogens is 394 g/mol. The molecule has 5 aliphatic rings. The van der Waals surface area contributed by atoms with Crippen LogP contribution in [0.4, 0.5) is 0 Å². The first-order valence-electron chi connectivity index (χ1n) is 13.6. The maximum atomic E-state index is 12.1. The van der Waals surface area contributed by atoms with Gasteiger partial charge in [-0.3, -0.25) is 4.79 Å². The van der Waals surface area contributed by atoms with Gasteiger partial charge in [0.1, 0.15) is 5.78 Å². The molecule has 2 saturated carbocycles. The fourth-order valence-electron chi connectivity index (χ4n) is 8.32. The standard InChI is InChI=1S/C29H45NO2/c1-6-29(32-27-13-18(2)17-30-20(27)4)12-10-23-24-8-7-21-14-22(31)9-11-28(21,5)26(24)15-25(23)19(3)16-29/h7,18,20,23-24,26-27,30H,6,8-17H2,1-5H3/t18-,20-,23-,24-,26-,27+,28-,29-/m0/s1. The molecule has 0 aromatic rings. The van der Waals surface area contributed by atoms with E-state index < -0.39 is 0 Å². The molecule has 3 fully saturated rings. The van der Waals surface area contributed by atoms with Crippen LogP contribution in [0, 0.1) is 29.1 Å². The largest absolute Gasteiger partial charge is 0.370 e. The van der Waals surface area contributed by atoms with E-state index in [0.29, 0.717) is 23.8 Å². The molecule has 0 radical (unpaired) electrons. The zero-order valence-electron chi connectivity index (χ0n) is 21.1. The molecule has 8 atom stereocenters. The number of fused-ring (bicyclic) bond motifs is 5. The van der Waals surface area contributed by atoms with Crippen molar-refractivity contribution in [3.8, 4) is 0 Å². The Kier molecular flexibility index (Phi) is 5.98. The van der Waals surface area contributed by atoms with Crippen molar-refractivity contribution < 1.29 is 9.53 Å². The van der Waals surface area contributed by atoms with Gasteiger partial charge < -0.3 is 10.1 Å². The highest BCUT2D eigenvalue weighted by molar-refractivity contribution is 5.82. The molecule has 0 spiro atoms. The summed E-state index contributed by atoms with van der Waals surface area (Å²) in [4.78, 5) is 12.1. The summed E-state index contributed by atoms with van der Waals surface area (Å²) in [7, 11) is 0. The van der Waals surface area contributed by atoms with Gasteiger partial charge in [-0.15, -0.1) is 0 Å². The number of ether oxygens (including phenoxy) is 1. The Morgan fingerprint density at radius 2 is 2.06 bits per heavy atom. The first-order valence-corrected chi connectivity index (χ1v) is 13.6. The van der Waals surface area contributed by atoms with E-state index in [9.17, 15) is 4.79 Å². The van der Waals surface area contributed by atoms with Crippen LogP contribution in [0.5, 0.6) is 0 Å². The van der Waals surface area contributed by atoms with Gasteiger partial charge in [0.05, 0.1) is 11.7 Å². The highest BCUT2D eigenvalue weighted by atomic mass is 16.5. The van der Waals surface area contributed by atoms with E-state index in [2.05, 4.69) is 46.0 Å². The fraction of sp³-hybridized carbons (Fsp3) is 0.828. The van der Waals surface area contributed by atoms with Gasteiger partial charge in [-0.1, -0.05) is 43.6 Å². The molecule has 178 valence electrons. The Labute approximate surface area is 195 Å². The minimum Gasteiger partial charge on any atom is -0.370 e. The van der Waals surface area contributed by atoms with Crippen molar-refractivity contribution in [2.45, 2.75) is 117 Å². The Bertz CT molecular complexity index is 827. The molecule has 1 saturated heterocycles. The van der Waals surface area contributed by atoms with Gasteiger partial charge in [0, 0.05) is 18.9 Å². The summed E-state index contributed by atoms with van der Waals surface area (Å²) in [6, 6.07) is 0.450. The number of hydrogen-bond acceptors (Lipinski definition) is 3. The lowest BCUT2D eigenvalue weighted by atomic mass is 9.57. The predicted molar refractivity (Wildman–Crippen MR) is 130 cm³/mol. The van der Waals surface area contributed by atoms with Crippen molar-refractivity contribution in [3.05, 3.63) is 22.8 Å². The quantitative estimate of drug-likeness (QED) is 0.519. The first-order chi connectivity index (χ1) is 15.2. The molecule has 32 heavy (non-hydrogen) atoms. The van der Waals surface area contributed by atoms with E-state index in [1.165, 1.54) is 37.7 Å². The number of piperidine rings is 1. The Hall–Kier alpha value is -0.930. The van der Waals surface area contributed by atoms with Crippen LogP contribution in [0.25, 0.3) is 0 Å². The molecule has 0 aromatic carbocycles. The van der Waals surface area contributed by atoms with Crippen molar-refractivity contribution >= 4 is 5.78 Å². The number of carbonyl (C=O) groups excluding carboxylic acids is 1. The van der Waals surface area contributed by atoms with Crippen molar-refractivity contribution in [2.75, 3.05) is 6.54 Å². The van der Waals surface area contributed by atoms with E-state index in [-0.39, 0.29) is 11.0 Å². The Balaban J connectivity index is 1.38. The monoisotopic (exact) mass is 439 g/mol. The summed E-state index contributed by atoms with van der Waals surface area (Å²) in [6.45, 7) is 13.0. The van der Waals surface area contributed by atoms with Gasteiger partial charge in [-0.05, 0) is 101 Å². The smallest absolute Gasteiger partial charge is 0.136 e. The van der Waals surface area contributed by atoms with E-state index >= 15 is 0 Å². The van der Waals surface area contributed by atoms with Gasteiger partial charge in [-0.2, -0.15) is 0 Å². The van der Waals surface area contributed by atoms with Crippen LogP contribution in [0.2, 0.25) is 0 Å². The van der Waals surface area contributed by atoms with Crippen molar-refractivity contribution in [2.24, 2.45) is 29.1 Å². The van der Waals surface area contributed by atoms with Crippen LogP contribution >= 0.6 is 0 Å². The van der Waals surface area contributed by atoms with Gasteiger partial charge in [0.15, 0.2) is 0 Å². The summed E-state index contributed by atoms with van der Waals surface area (Å²) in [6.07, 6.45) is 13.7. The second kappa shape index (κ2) is 8.38. The number of rotatable bonds is 3. The van der Waals surface area contributed by atoms with Gasteiger partial charge in [0.2, 0.25) is 0 Å². The molecule has 0 aromatic heterocycles. The van der Waals surface area contributed by atoms with E-state index in [0.717, 1.165) is 56.4 Å². The second-order valence-electron chi connectivity index (χ2n) is 12.4. The number of allylic oxidation sites excluding steroid dienone is 3. The highest BCUT2D eigenvalue weighted by Crippen LogP contribution is 2.62. The molecule has 0 amide bonds. The number of hydrogen-bond donors (Lipinski definition) is 1. The zero-order valence-corrected chi connectivity index (χ0v) is 21.1. The van der Waals surface area contributed by atoms with E-state index in [4.69, 9.17) is 4.74 Å². The summed E-state index contributed by atoms with van der Waals surface area (Å²) in [5, 5.41) is 3.68. The molecule has 0 bridgehead atoms. The lowest BCUT2D eigenvalue weighted by molar-refractivity contribution is -0.126. The lowest BCUT2D eigenvalue weighted by Gasteiger charge is -2.47. The number of nitrogens with one attached hydrogen (secondary N) is 1. The lowest BCUT2D eigenvalue weighted by Crippen LogP contribution is -2.51. The van der Waals surface area contributed by atoms with Crippen molar-refractivity contribution in [1.29, 1.82) is 0 Å². The summed E-state index contributed by atoms with van der Waals surface area (Å²) < 4.78 is 7.07. The van der Waals surface area contributed by atoms with Crippen molar-refractivity contribution in [3.63, 3.8) is 0 Å². The second-order valence-corrected chi connectivity index (χ2v) is 12.4. The highest BCUT2D eigenvalue weighted by Gasteiger charge is 2.54. The predicted octanol–water partition coefficient (Wildman–Crippen LogP) is 6.38. The molecule has 0 unspecified atom stereocenters. The first kappa shape index (κ1) is 22.8. The average molecular weight is 440 g/mol. The average Bonchev–Trinajstić information content (AvgIpc) is 3.09. The summed E-state index contributed by atoms with van der Waals surface area (Å²) in [5.41, 5.74) is 5.14. The van der Waals surface area contributed by atoms with Gasteiger partial charge in [-0.25, -0.2) is 0 Å². The third-order valence-electron chi connectivity index (χ3n) is 10.5. The van der Waals surface area contributed by atoms with Crippen LogP contribution in [-0.2, 0) is 9.53 Å². The van der Waals surface area contributed by atoms with Gasteiger partial charge >= 0.3 is 0 Å². The minimum atomic E-state index is 0.00537. The van der Waals surface area contributed by atoms with Crippen LogP contribution in [0.15, 0.2) is 22.8 Å². The molecular formula is C29H45NO2. The fourth-order valence-corrected chi connectivity index (χ4v) is 8.32. The SMILES string of the molecule is CC[C@]1(O[C@@H]2C[C@H](C)CN[C@H]2C)CC[C@@H]2C(=C(C)C1)C[C@H]1[C@H]2CC=C2CC(=O)CC[C@@]21C. The molecule has 4 aliphatic carbocycles. The molecule has 3 heteroatoms. The summed E-state index contributed by atoms with van der Waals surface area (Å²) >= 11 is 0. The number of Topliss-reactive ketones (excluding diaryl/α,β-unsaturated/α-hetero) is 1. The van der Waals surface area contributed by atoms with Crippen molar-refractivity contribution in [1.82, 2.24) is 5.32 Å². The normalized spacial score (nSPS) is 46.8. The van der Waals surface area contributed by atoms with Crippen LogP contribution in [0.1, 0.15) is 98.8 Å². The van der Waals surface area contributed by atoms with Crippen LogP contribution < -0.4 is 5.32 Å². The van der Waals surface area contributed by atoms with E-state index in [1.54, 1.807) is 11.1 Å². The molecule has 3 nitrogen and oxygen atoms in total. The molecule has 1 aliphatic heterocycles. The summed E-state index contributed by atoms with van der Waals surface area (Å²) in [5.74, 6) is 3.39. The van der Waals surface area contributed by atoms with Crippen LogP contribution in [0.3, 0.4) is 0 Å². The van der Waals surface area contributed by atoms with Crippen LogP contribution in [-0.4, -0.2) is 30.1 Å². The molecule has 5 rings (SSSR count). The Morgan fingerprint density at radius 3 is 2.84 bits per heavy atom. The number of carbonyl (C=O) groups is 1. The number of ketones is 1. The molecule has 1 heterocycles. The zero-order chi connectivity index (χ0) is 22.7. The topological polar surface area (TPSA) is 38.3 Å². The molecule has 1 N–H and O–H groups in total. The maximum Gasteiger partial charge on any atom is 0.136 e. The van der Waals surface area contributed by atoms with Gasteiger partial charge in [0.25, 0.3) is 0 Å². The third-order valence-corrected chi connectivity index (χ3v) is 10.5. The van der Waals surface area contributed by atoms with E-state index in [1.807, 2.05) is 0 Å². The Morgan fingerprint density at radius 1 is 1.25 bits per heavy atom. The minimum absolute atomic E-state index is 0.00537. The third kappa shape index (κ3) is 3.76. The maximum absolute atomic E-state index is 12.1.